The highest BCUT2D eigenvalue weighted by Crippen LogP contribution is 2.33. The number of aromatic nitrogens is 2. The van der Waals surface area contributed by atoms with Crippen LogP contribution in [-0.2, 0) is 26.1 Å². The van der Waals surface area contributed by atoms with Crippen LogP contribution in [0.15, 0.2) is 46.9 Å². The summed E-state index contributed by atoms with van der Waals surface area (Å²) >= 11 is 5.38. The molecule has 0 amide bonds. The zero-order chi connectivity index (χ0) is 19.5. The number of benzene rings is 2. The highest BCUT2D eigenvalue weighted by Gasteiger charge is 2.20. The Morgan fingerprint density at radius 2 is 1.79 bits per heavy atom. The molecule has 0 saturated carbocycles. The third-order valence-electron chi connectivity index (χ3n) is 4.98. The molecule has 0 radical (unpaired) electrons. The first-order valence-electron chi connectivity index (χ1n) is 9.23. The third-order valence-corrected chi connectivity index (χ3v) is 5.27. The van der Waals surface area contributed by atoms with Crippen LogP contribution in [0.25, 0.3) is 0 Å². The SMILES string of the molecule is COc1cc2c(cc1OC)CN(Cn1nc(Cc3ccccc3)oc1=S)CC2. The predicted molar refractivity (Wildman–Crippen MR) is 108 cm³/mol. The number of ether oxygens (including phenoxy) is 2. The van der Waals surface area contributed by atoms with Gasteiger partial charge in [0.2, 0.25) is 5.89 Å². The van der Waals surface area contributed by atoms with E-state index in [4.69, 9.17) is 26.1 Å². The number of nitrogens with zero attached hydrogens (tertiary/aromatic N) is 3. The van der Waals surface area contributed by atoms with Gasteiger partial charge in [0.1, 0.15) is 0 Å². The zero-order valence-corrected chi connectivity index (χ0v) is 16.9. The molecular formula is C21H23N3O3S. The van der Waals surface area contributed by atoms with Crippen LogP contribution >= 0.6 is 12.2 Å². The highest BCUT2D eigenvalue weighted by molar-refractivity contribution is 7.71. The Morgan fingerprint density at radius 1 is 1.07 bits per heavy atom. The summed E-state index contributed by atoms with van der Waals surface area (Å²) in [5.74, 6) is 2.17. The van der Waals surface area contributed by atoms with Gasteiger partial charge in [-0.3, -0.25) is 4.90 Å². The molecule has 1 aromatic heterocycles. The lowest BCUT2D eigenvalue weighted by Gasteiger charge is -2.29. The van der Waals surface area contributed by atoms with E-state index in [0.29, 0.717) is 23.8 Å². The fraction of sp³-hybridized carbons (Fsp3) is 0.333. The maximum absolute atomic E-state index is 5.70. The average molecular weight is 398 g/mol. The number of hydrogen-bond acceptors (Lipinski definition) is 6. The molecular weight excluding hydrogens is 374 g/mol. The van der Waals surface area contributed by atoms with Crippen molar-refractivity contribution in [1.82, 2.24) is 14.7 Å². The molecule has 0 saturated heterocycles. The van der Waals surface area contributed by atoms with Gasteiger partial charge in [-0.1, -0.05) is 30.3 Å². The fourth-order valence-electron chi connectivity index (χ4n) is 3.53. The van der Waals surface area contributed by atoms with Crippen LogP contribution in [0.2, 0.25) is 0 Å². The van der Waals surface area contributed by atoms with Gasteiger partial charge < -0.3 is 13.9 Å². The summed E-state index contributed by atoms with van der Waals surface area (Å²) in [5.41, 5.74) is 3.68. The molecule has 6 nitrogen and oxygen atoms in total. The minimum absolute atomic E-state index is 0.407. The summed E-state index contributed by atoms with van der Waals surface area (Å²) < 4.78 is 18.3. The van der Waals surface area contributed by atoms with E-state index in [9.17, 15) is 0 Å². The predicted octanol–water partition coefficient (Wildman–Crippen LogP) is 3.83. The summed E-state index contributed by atoms with van der Waals surface area (Å²) in [7, 11) is 3.33. The Balaban J connectivity index is 1.48. The van der Waals surface area contributed by atoms with Crippen LogP contribution in [-0.4, -0.2) is 35.4 Å². The summed E-state index contributed by atoms with van der Waals surface area (Å²) in [4.78, 5) is 2.71. The van der Waals surface area contributed by atoms with E-state index in [-0.39, 0.29) is 0 Å². The second-order valence-electron chi connectivity index (χ2n) is 6.84. The molecule has 146 valence electrons. The van der Waals surface area contributed by atoms with Gasteiger partial charge in [0.05, 0.1) is 27.3 Å². The summed E-state index contributed by atoms with van der Waals surface area (Å²) in [6.07, 6.45) is 1.58. The van der Waals surface area contributed by atoms with Gasteiger partial charge in [0.15, 0.2) is 11.5 Å². The molecule has 0 atom stereocenters. The lowest BCUT2D eigenvalue weighted by molar-refractivity contribution is 0.185. The average Bonchev–Trinajstić information content (AvgIpc) is 3.06. The highest BCUT2D eigenvalue weighted by atomic mass is 32.1. The van der Waals surface area contributed by atoms with Crippen LogP contribution < -0.4 is 9.47 Å². The van der Waals surface area contributed by atoms with Gasteiger partial charge in [0, 0.05) is 13.1 Å². The van der Waals surface area contributed by atoms with Gasteiger partial charge in [-0.2, -0.15) is 0 Å². The first-order chi connectivity index (χ1) is 13.7. The van der Waals surface area contributed by atoms with Gasteiger partial charge in [-0.15, -0.1) is 5.10 Å². The minimum Gasteiger partial charge on any atom is -0.493 e. The lowest BCUT2D eigenvalue weighted by atomic mass is 9.99. The minimum atomic E-state index is 0.407. The molecule has 3 aromatic rings. The van der Waals surface area contributed by atoms with Crippen molar-refractivity contribution >= 4 is 12.2 Å². The fourth-order valence-corrected chi connectivity index (χ4v) is 3.73. The van der Waals surface area contributed by atoms with Crippen molar-refractivity contribution in [1.29, 1.82) is 0 Å². The second kappa shape index (κ2) is 8.16. The molecule has 1 aliphatic rings. The molecule has 0 unspecified atom stereocenters. The van der Waals surface area contributed by atoms with Crippen LogP contribution in [0.1, 0.15) is 22.6 Å². The molecule has 7 heteroatoms. The van der Waals surface area contributed by atoms with Crippen LogP contribution in [0.4, 0.5) is 0 Å². The Hall–Kier alpha value is -2.64. The van der Waals surface area contributed by atoms with Gasteiger partial charge in [-0.05, 0) is 47.5 Å². The second-order valence-corrected chi connectivity index (χ2v) is 7.19. The van der Waals surface area contributed by atoms with E-state index >= 15 is 0 Å². The van der Waals surface area contributed by atoms with E-state index in [2.05, 4.69) is 34.3 Å². The zero-order valence-electron chi connectivity index (χ0n) is 16.1. The van der Waals surface area contributed by atoms with Crippen molar-refractivity contribution in [2.45, 2.75) is 26.1 Å². The van der Waals surface area contributed by atoms with E-state index in [1.807, 2.05) is 18.2 Å². The van der Waals surface area contributed by atoms with Crippen molar-refractivity contribution in [2.75, 3.05) is 20.8 Å². The topological polar surface area (TPSA) is 52.7 Å². The number of rotatable bonds is 6. The van der Waals surface area contributed by atoms with E-state index in [0.717, 1.165) is 36.6 Å². The van der Waals surface area contributed by atoms with Crippen molar-refractivity contribution in [3.05, 3.63) is 69.9 Å². The van der Waals surface area contributed by atoms with Crippen LogP contribution in [0.5, 0.6) is 11.5 Å². The smallest absolute Gasteiger partial charge is 0.288 e. The maximum atomic E-state index is 5.70. The van der Waals surface area contributed by atoms with E-state index < -0.39 is 0 Å². The molecule has 0 N–H and O–H groups in total. The van der Waals surface area contributed by atoms with Crippen LogP contribution in [0.3, 0.4) is 0 Å². The van der Waals surface area contributed by atoms with Gasteiger partial charge in [0.25, 0.3) is 4.84 Å². The summed E-state index contributed by atoms with van der Waals surface area (Å²) in [6.45, 7) is 2.33. The quantitative estimate of drug-likeness (QED) is 0.589. The molecule has 0 aliphatic carbocycles. The molecule has 4 rings (SSSR count). The first kappa shape index (κ1) is 18.7. The largest absolute Gasteiger partial charge is 0.493 e. The van der Waals surface area contributed by atoms with Crippen molar-refractivity contribution < 1.29 is 13.9 Å². The first-order valence-corrected chi connectivity index (χ1v) is 9.64. The third kappa shape index (κ3) is 3.95. The molecule has 0 spiro atoms. The van der Waals surface area contributed by atoms with Crippen molar-refractivity contribution in [3.8, 4) is 11.5 Å². The maximum Gasteiger partial charge on any atom is 0.288 e. The van der Waals surface area contributed by atoms with E-state index in [1.165, 1.54) is 11.1 Å². The van der Waals surface area contributed by atoms with Gasteiger partial charge >= 0.3 is 0 Å². The number of fused-ring (bicyclic) bond motifs is 1. The summed E-state index contributed by atoms with van der Waals surface area (Å²) in [6, 6.07) is 14.3. The summed E-state index contributed by atoms with van der Waals surface area (Å²) in [5, 5.41) is 4.58. The standard InChI is InChI=1S/C21H23N3O3S/c1-25-18-11-16-8-9-23(13-17(16)12-19(18)26-2)14-24-21(28)27-20(22-24)10-15-6-4-3-5-7-15/h3-7,11-12H,8-10,13-14H2,1-2H3. The van der Waals surface area contributed by atoms with Gasteiger partial charge in [-0.25, -0.2) is 4.68 Å². The molecule has 2 aromatic carbocycles. The molecule has 1 aliphatic heterocycles. The number of hydrogen-bond donors (Lipinski definition) is 0. The Kier molecular flexibility index (Phi) is 5.45. The normalized spacial score (nSPS) is 13.9. The van der Waals surface area contributed by atoms with Crippen molar-refractivity contribution in [3.63, 3.8) is 0 Å². The molecule has 0 fully saturated rings. The molecule has 2 heterocycles. The van der Waals surface area contributed by atoms with E-state index in [1.54, 1.807) is 18.9 Å². The van der Waals surface area contributed by atoms with Crippen LogP contribution in [0, 0.1) is 4.84 Å². The lowest BCUT2D eigenvalue weighted by Crippen LogP contribution is -2.32. The Morgan fingerprint density at radius 3 is 2.50 bits per heavy atom. The monoisotopic (exact) mass is 397 g/mol. The Bertz CT molecular complexity index is 1010. The number of methoxy groups -OCH3 is 2. The Labute approximate surface area is 169 Å². The van der Waals surface area contributed by atoms with Crippen molar-refractivity contribution in [2.24, 2.45) is 0 Å². The molecule has 28 heavy (non-hydrogen) atoms. The molecule has 0 bridgehead atoms.